The lowest BCUT2D eigenvalue weighted by atomic mass is 9.80. The molecule has 0 bridgehead atoms. The highest BCUT2D eigenvalue weighted by Gasteiger charge is 2.26. The van der Waals surface area contributed by atoms with Crippen LogP contribution in [0, 0.1) is 5.92 Å². The molecular formula is C12H22N2O. The molecule has 0 aromatic heterocycles. The standard InChI is InChI=1S/C12H22N2O/c1-9(10-4-2-5-10)14-11-6-3-7-13-12(15)8-11/h9-11,14H,2-8H2,1H3,(H,13,15). The van der Waals surface area contributed by atoms with E-state index in [1.807, 2.05) is 0 Å². The Labute approximate surface area is 92.0 Å². The van der Waals surface area contributed by atoms with Gasteiger partial charge in [-0.3, -0.25) is 4.79 Å². The van der Waals surface area contributed by atoms with Gasteiger partial charge in [0.05, 0.1) is 0 Å². The van der Waals surface area contributed by atoms with Crippen molar-refractivity contribution in [3.8, 4) is 0 Å². The highest BCUT2D eigenvalue weighted by Crippen LogP contribution is 2.29. The van der Waals surface area contributed by atoms with Gasteiger partial charge < -0.3 is 10.6 Å². The second-order valence-corrected chi connectivity index (χ2v) is 5.04. The van der Waals surface area contributed by atoms with E-state index in [1.165, 1.54) is 19.3 Å². The lowest BCUT2D eigenvalue weighted by molar-refractivity contribution is -0.121. The maximum Gasteiger partial charge on any atom is 0.221 e. The van der Waals surface area contributed by atoms with E-state index < -0.39 is 0 Å². The van der Waals surface area contributed by atoms with Crippen LogP contribution < -0.4 is 10.6 Å². The fourth-order valence-electron chi connectivity index (χ4n) is 2.56. The predicted octanol–water partition coefficient (Wildman–Crippen LogP) is 1.43. The van der Waals surface area contributed by atoms with Crippen molar-refractivity contribution in [2.45, 2.75) is 57.5 Å². The van der Waals surface area contributed by atoms with Crippen LogP contribution in [-0.4, -0.2) is 24.5 Å². The molecule has 3 nitrogen and oxygen atoms in total. The van der Waals surface area contributed by atoms with Gasteiger partial charge in [0.25, 0.3) is 0 Å². The molecule has 86 valence electrons. The van der Waals surface area contributed by atoms with Crippen LogP contribution in [0.2, 0.25) is 0 Å². The highest BCUT2D eigenvalue weighted by molar-refractivity contribution is 5.76. The summed E-state index contributed by atoms with van der Waals surface area (Å²) in [5.41, 5.74) is 0. The maximum atomic E-state index is 11.4. The lowest BCUT2D eigenvalue weighted by Crippen LogP contribution is -2.44. The maximum absolute atomic E-state index is 11.4. The number of nitrogens with one attached hydrogen (secondary N) is 2. The summed E-state index contributed by atoms with van der Waals surface area (Å²) < 4.78 is 0. The van der Waals surface area contributed by atoms with E-state index in [4.69, 9.17) is 0 Å². The molecule has 2 atom stereocenters. The van der Waals surface area contributed by atoms with Crippen LogP contribution in [0.25, 0.3) is 0 Å². The normalized spacial score (nSPS) is 30.2. The molecule has 2 aliphatic rings. The molecule has 2 fully saturated rings. The minimum Gasteiger partial charge on any atom is -0.356 e. The van der Waals surface area contributed by atoms with Crippen LogP contribution in [0.5, 0.6) is 0 Å². The first kappa shape index (κ1) is 10.9. The molecule has 2 N–H and O–H groups in total. The lowest BCUT2D eigenvalue weighted by Gasteiger charge is -2.34. The van der Waals surface area contributed by atoms with Crippen molar-refractivity contribution in [1.29, 1.82) is 0 Å². The van der Waals surface area contributed by atoms with Crippen molar-refractivity contribution < 1.29 is 4.79 Å². The summed E-state index contributed by atoms with van der Waals surface area (Å²) in [7, 11) is 0. The number of rotatable bonds is 3. The quantitative estimate of drug-likeness (QED) is 0.740. The topological polar surface area (TPSA) is 41.1 Å². The van der Waals surface area contributed by atoms with Gasteiger partial charge >= 0.3 is 0 Å². The SMILES string of the molecule is CC(NC1CCCNC(=O)C1)C1CCC1. The smallest absolute Gasteiger partial charge is 0.221 e. The van der Waals surface area contributed by atoms with Gasteiger partial charge in [-0.25, -0.2) is 0 Å². The van der Waals surface area contributed by atoms with E-state index in [9.17, 15) is 4.79 Å². The summed E-state index contributed by atoms with van der Waals surface area (Å²) in [6, 6.07) is 0.998. The monoisotopic (exact) mass is 210 g/mol. The fraction of sp³-hybridized carbons (Fsp3) is 0.917. The molecule has 0 aromatic rings. The zero-order chi connectivity index (χ0) is 10.7. The molecule has 1 heterocycles. The van der Waals surface area contributed by atoms with Crippen molar-refractivity contribution in [3.63, 3.8) is 0 Å². The molecule has 1 aliphatic carbocycles. The van der Waals surface area contributed by atoms with Crippen LogP contribution in [0.3, 0.4) is 0 Å². The molecular weight excluding hydrogens is 188 g/mol. The van der Waals surface area contributed by atoms with Gasteiger partial charge in [0.1, 0.15) is 0 Å². The minimum absolute atomic E-state index is 0.214. The number of hydrogen-bond donors (Lipinski definition) is 2. The molecule has 0 spiro atoms. The molecule has 15 heavy (non-hydrogen) atoms. The predicted molar refractivity (Wildman–Crippen MR) is 60.6 cm³/mol. The van der Waals surface area contributed by atoms with Crippen LogP contribution in [0.4, 0.5) is 0 Å². The zero-order valence-electron chi connectivity index (χ0n) is 9.59. The summed E-state index contributed by atoms with van der Waals surface area (Å²) in [5, 5.41) is 6.56. The first-order valence-corrected chi connectivity index (χ1v) is 6.28. The molecule has 3 heteroatoms. The third-order valence-electron chi connectivity index (χ3n) is 3.84. The van der Waals surface area contributed by atoms with E-state index >= 15 is 0 Å². The molecule has 0 aromatic carbocycles. The number of amides is 1. The largest absolute Gasteiger partial charge is 0.356 e. The number of hydrogen-bond acceptors (Lipinski definition) is 2. The molecule has 1 amide bonds. The summed E-state index contributed by atoms with van der Waals surface area (Å²) in [4.78, 5) is 11.4. The van der Waals surface area contributed by atoms with E-state index in [1.54, 1.807) is 0 Å². The van der Waals surface area contributed by atoms with Crippen LogP contribution >= 0.6 is 0 Å². The Bertz CT molecular complexity index is 226. The van der Waals surface area contributed by atoms with Gasteiger partial charge in [0, 0.05) is 25.0 Å². The minimum atomic E-state index is 0.214. The Kier molecular flexibility index (Phi) is 3.62. The summed E-state index contributed by atoms with van der Waals surface area (Å²) in [5.74, 6) is 1.07. The van der Waals surface area contributed by atoms with Crippen molar-refractivity contribution in [2.24, 2.45) is 5.92 Å². The van der Waals surface area contributed by atoms with Crippen molar-refractivity contribution in [2.75, 3.05) is 6.54 Å². The molecule has 1 saturated heterocycles. The molecule has 2 unspecified atom stereocenters. The number of carbonyl (C=O) groups is 1. The Morgan fingerprint density at radius 1 is 1.33 bits per heavy atom. The first-order chi connectivity index (χ1) is 7.25. The fourth-order valence-corrected chi connectivity index (χ4v) is 2.56. The Morgan fingerprint density at radius 2 is 2.13 bits per heavy atom. The third kappa shape index (κ3) is 2.94. The molecule has 0 radical (unpaired) electrons. The second kappa shape index (κ2) is 4.97. The van der Waals surface area contributed by atoms with Gasteiger partial charge in [-0.15, -0.1) is 0 Å². The van der Waals surface area contributed by atoms with Crippen molar-refractivity contribution in [1.82, 2.24) is 10.6 Å². The third-order valence-corrected chi connectivity index (χ3v) is 3.84. The zero-order valence-corrected chi connectivity index (χ0v) is 9.59. The van der Waals surface area contributed by atoms with Crippen LogP contribution in [0.1, 0.15) is 45.4 Å². The first-order valence-electron chi connectivity index (χ1n) is 6.28. The van der Waals surface area contributed by atoms with Gasteiger partial charge in [0.15, 0.2) is 0 Å². The van der Waals surface area contributed by atoms with Gasteiger partial charge in [0.2, 0.25) is 5.91 Å². The average Bonchev–Trinajstić information content (AvgIpc) is 2.26. The Morgan fingerprint density at radius 3 is 2.80 bits per heavy atom. The molecule has 1 aliphatic heterocycles. The highest BCUT2D eigenvalue weighted by atomic mass is 16.1. The van der Waals surface area contributed by atoms with Crippen LogP contribution in [-0.2, 0) is 4.79 Å². The van der Waals surface area contributed by atoms with Gasteiger partial charge in [-0.05, 0) is 38.5 Å². The summed E-state index contributed by atoms with van der Waals surface area (Å²) in [6.45, 7) is 3.13. The second-order valence-electron chi connectivity index (χ2n) is 5.04. The summed E-state index contributed by atoms with van der Waals surface area (Å²) in [6.07, 6.45) is 7.04. The van der Waals surface area contributed by atoms with Crippen molar-refractivity contribution in [3.05, 3.63) is 0 Å². The van der Waals surface area contributed by atoms with Gasteiger partial charge in [-0.1, -0.05) is 6.42 Å². The molecule has 2 rings (SSSR count). The Hall–Kier alpha value is -0.570. The van der Waals surface area contributed by atoms with E-state index in [0.717, 1.165) is 25.3 Å². The molecule has 1 saturated carbocycles. The van der Waals surface area contributed by atoms with Crippen molar-refractivity contribution >= 4 is 5.91 Å². The van der Waals surface area contributed by atoms with E-state index in [2.05, 4.69) is 17.6 Å². The van der Waals surface area contributed by atoms with E-state index in [-0.39, 0.29) is 5.91 Å². The van der Waals surface area contributed by atoms with E-state index in [0.29, 0.717) is 18.5 Å². The van der Waals surface area contributed by atoms with Gasteiger partial charge in [-0.2, -0.15) is 0 Å². The number of carbonyl (C=O) groups excluding carboxylic acids is 1. The van der Waals surface area contributed by atoms with Crippen LogP contribution in [0.15, 0.2) is 0 Å². The summed E-state index contributed by atoms with van der Waals surface area (Å²) >= 11 is 0. The average molecular weight is 210 g/mol. The Balaban J connectivity index is 1.78.